The number of ether oxygens (including phenoxy) is 1. The van der Waals surface area contributed by atoms with Crippen molar-refractivity contribution in [3.05, 3.63) is 28.2 Å². The lowest BCUT2D eigenvalue weighted by Gasteiger charge is -2.34. The number of thiocarbonyl (C=S) groups is 1. The molecule has 0 saturated carbocycles. The van der Waals surface area contributed by atoms with Crippen molar-refractivity contribution in [2.24, 2.45) is 11.1 Å². The molecule has 1 heterocycles. The van der Waals surface area contributed by atoms with Gasteiger partial charge in [-0.15, -0.1) is 0 Å². The lowest BCUT2D eigenvalue weighted by atomic mass is 9.79. The molecule has 2 rings (SSSR count). The van der Waals surface area contributed by atoms with E-state index in [4.69, 9.17) is 45.9 Å². The summed E-state index contributed by atoms with van der Waals surface area (Å²) in [5.41, 5.74) is 5.34. The van der Waals surface area contributed by atoms with E-state index < -0.39 is 5.41 Å². The van der Waals surface area contributed by atoms with Gasteiger partial charge in [0, 0.05) is 18.2 Å². The highest BCUT2D eigenvalue weighted by atomic mass is 35.5. The fourth-order valence-corrected chi connectivity index (χ4v) is 2.77. The van der Waals surface area contributed by atoms with Crippen molar-refractivity contribution in [3.8, 4) is 0 Å². The van der Waals surface area contributed by atoms with Crippen molar-refractivity contribution in [2.45, 2.75) is 12.8 Å². The van der Waals surface area contributed by atoms with Crippen LogP contribution >= 0.6 is 35.4 Å². The van der Waals surface area contributed by atoms with Crippen LogP contribution in [0.1, 0.15) is 12.8 Å². The third-order valence-corrected chi connectivity index (χ3v) is 4.38. The van der Waals surface area contributed by atoms with Gasteiger partial charge in [-0.1, -0.05) is 35.4 Å². The molecular weight excluding hydrogens is 319 g/mol. The Balaban J connectivity index is 2.25. The Kier molecular flexibility index (Phi) is 4.86. The van der Waals surface area contributed by atoms with E-state index in [1.807, 2.05) is 0 Å². The zero-order chi connectivity index (χ0) is 14.8. The third kappa shape index (κ3) is 3.06. The highest BCUT2D eigenvalue weighted by molar-refractivity contribution is 7.80. The lowest BCUT2D eigenvalue weighted by Crippen LogP contribution is -2.49. The average Bonchev–Trinajstić information content (AvgIpc) is 2.43. The van der Waals surface area contributed by atoms with Gasteiger partial charge >= 0.3 is 0 Å². The van der Waals surface area contributed by atoms with Crippen LogP contribution in [0.25, 0.3) is 0 Å². The van der Waals surface area contributed by atoms with Gasteiger partial charge in [-0.25, -0.2) is 0 Å². The second-order valence-electron chi connectivity index (χ2n) is 4.64. The van der Waals surface area contributed by atoms with Crippen molar-refractivity contribution in [2.75, 3.05) is 18.5 Å². The number of carbonyl (C=O) groups excluding carboxylic acids is 1. The van der Waals surface area contributed by atoms with Crippen molar-refractivity contribution in [1.82, 2.24) is 0 Å². The molecule has 1 amide bonds. The Morgan fingerprint density at radius 2 is 2.00 bits per heavy atom. The zero-order valence-electron chi connectivity index (χ0n) is 10.6. The normalized spacial score (nSPS) is 17.5. The van der Waals surface area contributed by atoms with E-state index in [-0.39, 0.29) is 10.9 Å². The molecule has 1 aliphatic heterocycles. The third-order valence-electron chi connectivity index (χ3n) is 3.43. The fraction of sp³-hybridized carbons (Fsp3) is 0.385. The minimum atomic E-state index is -0.890. The van der Waals surface area contributed by atoms with E-state index in [1.165, 1.54) is 0 Å². The number of carbonyl (C=O) groups is 1. The number of nitrogens with two attached hydrogens (primary N) is 1. The van der Waals surface area contributed by atoms with Crippen molar-refractivity contribution in [1.29, 1.82) is 0 Å². The number of halogens is 2. The molecule has 0 bridgehead atoms. The number of hydrogen-bond donors (Lipinski definition) is 2. The van der Waals surface area contributed by atoms with Gasteiger partial charge in [0.25, 0.3) is 0 Å². The second kappa shape index (κ2) is 6.26. The van der Waals surface area contributed by atoms with Gasteiger partial charge in [-0.05, 0) is 31.0 Å². The largest absolute Gasteiger partial charge is 0.392 e. The smallest absolute Gasteiger partial charge is 0.237 e. The van der Waals surface area contributed by atoms with E-state index in [9.17, 15) is 4.79 Å². The minimum absolute atomic E-state index is 0.177. The number of hydrogen-bond acceptors (Lipinski definition) is 3. The summed E-state index contributed by atoms with van der Waals surface area (Å²) in [7, 11) is 0. The minimum Gasteiger partial charge on any atom is -0.392 e. The SMILES string of the molecule is NC(=S)C1(C(=O)Nc2cc(Cl)ccc2Cl)CCOCC1. The summed E-state index contributed by atoms with van der Waals surface area (Å²) in [6, 6.07) is 4.86. The average molecular weight is 333 g/mol. The zero-order valence-corrected chi connectivity index (χ0v) is 12.9. The van der Waals surface area contributed by atoms with Crippen molar-refractivity contribution < 1.29 is 9.53 Å². The van der Waals surface area contributed by atoms with Gasteiger partial charge in [0.2, 0.25) is 5.91 Å². The van der Waals surface area contributed by atoms with Crippen molar-refractivity contribution in [3.63, 3.8) is 0 Å². The van der Waals surface area contributed by atoms with Gasteiger partial charge in [-0.2, -0.15) is 0 Å². The van der Waals surface area contributed by atoms with E-state index in [0.717, 1.165) is 0 Å². The first-order valence-electron chi connectivity index (χ1n) is 6.10. The molecule has 4 nitrogen and oxygen atoms in total. The van der Waals surface area contributed by atoms with E-state index in [0.29, 0.717) is 41.8 Å². The first kappa shape index (κ1) is 15.5. The van der Waals surface area contributed by atoms with Gasteiger partial charge < -0.3 is 15.8 Å². The summed E-state index contributed by atoms with van der Waals surface area (Å²) < 4.78 is 5.28. The first-order chi connectivity index (χ1) is 9.45. The molecule has 0 aliphatic carbocycles. The molecule has 1 aromatic carbocycles. The molecule has 0 radical (unpaired) electrons. The standard InChI is InChI=1S/C13H14Cl2N2O2S/c14-8-1-2-9(15)10(7-8)17-12(18)13(11(16)20)3-5-19-6-4-13/h1-2,7H,3-6H2,(H2,16,20)(H,17,18). The Morgan fingerprint density at radius 3 is 2.60 bits per heavy atom. The summed E-state index contributed by atoms with van der Waals surface area (Å²) >= 11 is 17.0. The van der Waals surface area contributed by atoms with Crippen LogP contribution in [0.4, 0.5) is 5.69 Å². The van der Waals surface area contributed by atoms with Crippen LogP contribution < -0.4 is 11.1 Å². The molecule has 3 N–H and O–H groups in total. The van der Waals surface area contributed by atoms with E-state index in [2.05, 4.69) is 5.32 Å². The Labute approximate surface area is 132 Å². The van der Waals surface area contributed by atoms with Gasteiger partial charge in [0.15, 0.2) is 0 Å². The van der Waals surface area contributed by atoms with Crippen LogP contribution in [0.15, 0.2) is 18.2 Å². The molecular formula is C13H14Cl2N2O2S. The Morgan fingerprint density at radius 1 is 1.35 bits per heavy atom. The molecule has 108 valence electrons. The predicted molar refractivity (Wildman–Crippen MR) is 84.4 cm³/mol. The number of anilines is 1. The molecule has 0 atom stereocenters. The number of nitrogens with one attached hydrogen (secondary N) is 1. The Bertz CT molecular complexity index is 545. The summed E-state index contributed by atoms with van der Waals surface area (Å²) in [6.45, 7) is 0.905. The van der Waals surface area contributed by atoms with E-state index in [1.54, 1.807) is 18.2 Å². The van der Waals surface area contributed by atoms with Crippen LogP contribution in [-0.2, 0) is 9.53 Å². The highest BCUT2D eigenvalue weighted by Crippen LogP contribution is 2.34. The maximum absolute atomic E-state index is 12.6. The van der Waals surface area contributed by atoms with Crippen LogP contribution in [0.3, 0.4) is 0 Å². The maximum atomic E-state index is 12.6. The first-order valence-corrected chi connectivity index (χ1v) is 7.26. The maximum Gasteiger partial charge on any atom is 0.237 e. The quantitative estimate of drug-likeness (QED) is 0.835. The topological polar surface area (TPSA) is 64.4 Å². The summed E-state index contributed by atoms with van der Waals surface area (Å²) in [4.78, 5) is 12.7. The lowest BCUT2D eigenvalue weighted by molar-refractivity contribution is -0.126. The molecule has 1 saturated heterocycles. The summed E-state index contributed by atoms with van der Waals surface area (Å²) in [5, 5.41) is 3.66. The number of amides is 1. The fourth-order valence-electron chi connectivity index (χ4n) is 2.14. The molecule has 7 heteroatoms. The molecule has 0 unspecified atom stereocenters. The van der Waals surface area contributed by atoms with Crippen molar-refractivity contribution >= 4 is 52.0 Å². The highest BCUT2D eigenvalue weighted by Gasteiger charge is 2.43. The van der Waals surface area contributed by atoms with Crippen LogP contribution in [0.5, 0.6) is 0 Å². The van der Waals surface area contributed by atoms with Gasteiger partial charge in [-0.3, -0.25) is 4.79 Å². The molecule has 1 aliphatic rings. The van der Waals surface area contributed by atoms with Gasteiger partial charge in [0.1, 0.15) is 5.41 Å². The van der Waals surface area contributed by atoms with E-state index >= 15 is 0 Å². The van der Waals surface area contributed by atoms with Crippen LogP contribution in [0.2, 0.25) is 10.0 Å². The summed E-state index contributed by atoms with van der Waals surface area (Å²) in [6.07, 6.45) is 0.929. The van der Waals surface area contributed by atoms with Crippen LogP contribution in [-0.4, -0.2) is 24.1 Å². The van der Waals surface area contributed by atoms with Crippen LogP contribution in [0, 0.1) is 5.41 Å². The molecule has 0 spiro atoms. The molecule has 0 aromatic heterocycles. The Hall–Kier alpha value is -0.880. The number of rotatable bonds is 3. The van der Waals surface area contributed by atoms with Gasteiger partial charge in [0.05, 0.1) is 15.7 Å². The second-order valence-corrected chi connectivity index (χ2v) is 5.92. The molecule has 1 aromatic rings. The number of benzene rings is 1. The monoisotopic (exact) mass is 332 g/mol. The summed E-state index contributed by atoms with van der Waals surface area (Å²) in [5.74, 6) is -0.266. The predicted octanol–water partition coefficient (Wildman–Crippen LogP) is 3.01. The molecule has 20 heavy (non-hydrogen) atoms. The molecule has 1 fully saturated rings.